The second-order valence-electron chi connectivity index (χ2n) is 6.00. The van der Waals surface area contributed by atoms with Gasteiger partial charge in [0, 0.05) is 0 Å². The zero-order valence-electron chi connectivity index (χ0n) is 14.1. The van der Waals surface area contributed by atoms with Crippen LogP contribution in [0, 0.1) is 12.7 Å². The number of hydrogen-bond acceptors (Lipinski definition) is 5. The van der Waals surface area contributed by atoms with Crippen LogP contribution in [0.5, 0.6) is 11.5 Å². The number of amides is 4. The number of hydrogen-bond donors (Lipinski definition) is 1. The minimum absolute atomic E-state index is 0.0983. The van der Waals surface area contributed by atoms with Gasteiger partial charge in [0.2, 0.25) is 6.79 Å². The Kier molecular flexibility index (Phi) is 3.88. The predicted octanol–water partition coefficient (Wildman–Crippen LogP) is 2.53. The number of nitrogens with zero attached hydrogens (tertiary/aromatic N) is 1. The van der Waals surface area contributed by atoms with Crippen molar-refractivity contribution in [3.05, 3.63) is 58.9 Å². The summed E-state index contributed by atoms with van der Waals surface area (Å²) in [6.45, 7) is 1.89. The van der Waals surface area contributed by atoms with Crippen molar-refractivity contribution in [3.8, 4) is 11.5 Å². The minimum Gasteiger partial charge on any atom is -0.454 e. The number of imide groups is 2. The molecule has 0 atom stereocenters. The number of aryl methyl sites for hydroxylation is 1. The summed E-state index contributed by atoms with van der Waals surface area (Å²) in [4.78, 5) is 38.0. The molecule has 7 nitrogen and oxygen atoms in total. The lowest BCUT2D eigenvalue weighted by atomic mass is 10.0. The molecule has 0 aliphatic carbocycles. The van der Waals surface area contributed by atoms with Crippen molar-refractivity contribution in [2.75, 3.05) is 11.7 Å². The number of anilines is 1. The van der Waals surface area contributed by atoms with Gasteiger partial charge in [-0.1, -0.05) is 0 Å². The van der Waals surface area contributed by atoms with Gasteiger partial charge in [0.25, 0.3) is 11.8 Å². The third-order valence-corrected chi connectivity index (χ3v) is 4.25. The van der Waals surface area contributed by atoms with Gasteiger partial charge < -0.3 is 9.47 Å². The van der Waals surface area contributed by atoms with Gasteiger partial charge in [0.1, 0.15) is 11.4 Å². The lowest BCUT2D eigenvalue weighted by Crippen LogP contribution is -2.54. The van der Waals surface area contributed by atoms with Crippen molar-refractivity contribution in [1.29, 1.82) is 0 Å². The fourth-order valence-electron chi connectivity index (χ4n) is 2.85. The maximum atomic E-state index is 13.1. The lowest BCUT2D eigenvalue weighted by molar-refractivity contribution is -0.122. The average Bonchev–Trinajstić information content (AvgIpc) is 3.07. The van der Waals surface area contributed by atoms with Gasteiger partial charge >= 0.3 is 6.03 Å². The molecule has 4 rings (SSSR count). The van der Waals surface area contributed by atoms with E-state index in [-0.39, 0.29) is 18.1 Å². The van der Waals surface area contributed by atoms with Crippen LogP contribution in [0.15, 0.2) is 42.0 Å². The van der Waals surface area contributed by atoms with Gasteiger partial charge in [0.15, 0.2) is 11.5 Å². The molecule has 27 heavy (non-hydrogen) atoms. The molecule has 0 unspecified atom stereocenters. The predicted molar refractivity (Wildman–Crippen MR) is 92.7 cm³/mol. The molecule has 0 spiro atoms. The quantitative estimate of drug-likeness (QED) is 0.650. The number of benzene rings is 2. The van der Waals surface area contributed by atoms with Gasteiger partial charge in [-0.2, -0.15) is 0 Å². The molecule has 2 aliphatic heterocycles. The van der Waals surface area contributed by atoms with Gasteiger partial charge in [-0.05, 0) is 60.5 Å². The summed E-state index contributed by atoms with van der Waals surface area (Å²) in [5, 5.41) is 2.12. The van der Waals surface area contributed by atoms with E-state index in [1.807, 2.05) is 0 Å². The van der Waals surface area contributed by atoms with Crippen LogP contribution >= 0.6 is 0 Å². The Labute approximate surface area is 153 Å². The zero-order chi connectivity index (χ0) is 19.1. The summed E-state index contributed by atoms with van der Waals surface area (Å²) >= 11 is 0. The monoisotopic (exact) mass is 368 g/mol. The lowest BCUT2D eigenvalue weighted by Gasteiger charge is -2.26. The van der Waals surface area contributed by atoms with Crippen molar-refractivity contribution in [2.24, 2.45) is 0 Å². The topological polar surface area (TPSA) is 84.9 Å². The van der Waals surface area contributed by atoms with Crippen LogP contribution in [0.4, 0.5) is 14.9 Å². The van der Waals surface area contributed by atoms with E-state index in [4.69, 9.17) is 9.47 Å². The first-order valence-corrected chi connectivity index (χ1v) is 8.01. The summed E-state index contributed by atoms with van der Waals surface area (Å²) in [7, 11) is 0. The molecule has 2 aliphatic rings. The normalized spacial score (nSPS) is 17.5. The number of carbonyl (C=O) groups is 3. The number of barbiturate groups is 1. The van der Waals surface area contributed by atoms with E-state index >= 15 is 0 Å². The molecule has 1 fully saturated rings. The summed E-state index contributed by atoms with van der Waals surface area (Å²) in [5.74, 6) is -1.03. The number of halogens is 1. The molecule has 2 aromatic rings. The van der Waals surface area contributed by atoms with Crippen molar-refractivity contribution >= 4 is 29.6 Å². The van der Waals surface area contributed by atoms with E-state index in [2.05, 4.69) is 5.32 Å². The van der Waals surface area contributed by atoms with Gasteiger partial charge in [0.05, 0.1) is 5.69 Å². The first kappa shape index (κ1) is 16.8. The van der Waals surface area contributed by atoms with Crippen molar-refractivity contribution in [3.63, 3.8) is 0 Å². The molecular weight excluding hydrogens is 355 g/mol. The van der Waals surface area contributed by atoms with E-state index < -0.39 is 23.7 Å². The van der Waals surface area contributed by atoms with E-state index in [0.717, 1.165) is 22.6 Å². The molecule has 4 amide bonds. The smallest absolute Gasteiger partial charge is 0.335 e. The van der Waals surface area contributed by atoms with Gasteiger partial charge in [-0.3, -0.25) is 14.9 Å². The molecule has 1 saturated heterocycles. The number of carbonyl (C=O) groups excluding carboxylic acids is 3. The maximum absolute atomic E-state index is 13.1. The van der Waals surface area contributed by atoms with Crippen LogP contribution in [0.2, 0.25) is 0 Å². The van der Waals surface area contributed by atoms with Gasteiger partial charge in [-0.25, -0.2) is 14.1 Å². The molecule has 136 valence electrons. The Morgan fingerprint density at radius 2 is 1.74 bits per heavy atom. The fraction of sp³-hybridized carbons (Fsp3) is 0.105. The zero-order valence-corrected chi connectivity index (χ0v) is 14.1. The molecule has 0 bridgehead atoms. The SMILES string of the molecule is Cc1cc2c(cc1/C=C1\C(=O)NC(=O)N(c3ccc(F)cc3)C1=O)OCO2. The largest absolute Gasteiger partial charge is 0.454 e. The van der Waals surface area contributed by atoms with Crippen LogP contribution in [0.1, 0.15) is 11.1 Å². The van der Waals surface area contributed by atoms with Crippen molar-refractivity contribution < 1.29 is 28.2 Å². The third-order valence-electron chi connectivity index (χ3n) is 4.25. The molecule has 0 aromatic heterocycles. The molecule has 0 saturated carbocycles. The van der Waals surface area contributed by atoms with Crippen LogP contribution < -0.4 is 19.7 Å². The fourth-order valence-corrected chi connectivity index (χ4v) is 2.85. The Morgan fingerprint density at radius 3 is 2.44 bits per heavy atom. The highest BCUT2D eigenvalue weighted by molar-refractivity contribution is 6.39. The molecule has 0 radical (unpaired) electrons. The van der Waals surface area contributed by atoms with Crippen molar-refractivity contribution in [2.45, 2.75) is 6.92 Å². The highest BCUT2D eigenvalue weighted by atomic mass is 19.1. The average molecular weight is 368 g/mol. The Hall–Kier alpha value is -3.68. The second kappa shape index (κ2) is 6.24. The first-order chi connectivity index (χ1) is 12.9. The summed E-state index contributed by atoms with van der Waals surface area (Å²) in [5.41, 5.74) is 1.27. The number of fused-ring (bicyclic) bond motifs is 1. The molecular formula is C19H13FN2O5. The first-order valence-electron chi connectivity index (χ1n) is 8.01. The molecule has 1 N–H and O–H groups in total. The number of urea groups is 1. The highest BCUT2D eigenvalue weighted by Crippen LogP contribution is 2.35. The van der Waals surface area contributed by atoms with Crippen LogP contribution in [-0.2, 0) is 9.59 Å². The summed E-state index contributed by atoms with van der Waals surface area (Å²) in [6.07, 6.45) is 1.39. The second-order valence-corrected chi connectivity index (χ2v) is 6.00. The Morgan fingerprint density at radius 1 is 1.07 bits per heavy atom. The maximum Gasteiger partial charge on any atom is 0.335 e. The molecule has 2 heterocycles. The van der Waals surface area contributed by atoms with Gasteiger partial charge in [-0.15, -0.1) is 0 Å². The van der Waals surface area contributed by atoms with E-state index in [9.17, 15) is 18.8 Å². The number of nitrogens with one attached hydrogen (secondary N) is 1. The van der Waals surface area contributed by atoms with Crippen LogP contribution in [0.25, 0.3) is 6.08 Å². The summed E-state index contributed by atoms with van der Waals surface area (Å²) in [6, 6.07) is 7.32. The number of ether oxygens (including phenoxy) is 2. The van der Waals surface area contributed by atoms with Crippen molar-refractivity contribution in [1.82, 2.24) is 5.32 Å². The third kappa shape index (κ3) is 2.91. The van der Waals surface area contributed by atoms with Crippen LogP contribution in [0.3, 0.4) is 0 Å². The minimum atomic E-state index is -0.892. The highest BCUT2D eigenvalue weighted by Gasteiger charge is 2.37. The standard InChI is InChI=1S/C19H13FN2O5/c1-10-6-15-16(27-9-26-15)8-11(10)7-14-17(23)21-19(25)22(18(14)24)13-4-2-12(20)3-5-13/h2-8H,9H2,1H3,(H,21,23,25)/b14-7+. The number of rotatable bonds is 2. The molecule has 8 heteroatoms. The van der Waals surface area contributed by atoms with E-state index in [1.54, 1.807) is 19.1 Å². The van der Waals surface area contributed by atoms with Crippen LogP contribution in [-0.4, -0.2) is 24.6 Å². The van der Waals surface area contributed by atoms with E-state index in [1.165, 1.54) is 18.2 Å². The summed E-state index contributed by atoms with van der Waals surface area (Å²) < 4.78 is 23.7. The Balaban J connectivity index is 1.75. The Bertz CT molecular complexity index is 1010. The van der Waals surface area contributed by atoms with E-state index in [0.29, 0.717) is 17.1 Å². The molecule has 2 aromatic carbocycles.